The largest absolute Gasteiger partial charge is 0.444 e. The van der Waals surface area contributed by atoms with E-state index in [0.29, 0.717) is 28.0 Å². The Morgan fingerprint density at radius 1 is 1.00 bits per heavy atom. The molecule has 2 amide bonds. The third kappa shape index (κ3) is 4.65. The second kappa shape index (κ2) is 8.22. The summed E-state index contributed by atoms with van der Waals surface area (Å²) in [4.78, 5) is 25.1. The number of hydrogen-bond acceptors (Lipinski definition) is 3. The number of carbonyl (C=O) groups is 2. The Morgan fingerprint density at radius 3 is 2.37 bits per heavy atom. The molecule has 5 nitrogen and oxygen atoms in total. The first-order valence-electron chi connectivity index (χ1n) is 8.44. The van der Waals surface area contributed by atoms with Crippen molar-refractivity contribution in [1.29, 1.82) is 0 Å². The standard InChI is InChI=1S/C21H19BrN2O3/c1-13-7-9-15(10-8-13)12-23-20(25)16-5-3-4-6-17(16)24-21(26)19-14(2)11-18(22)27-19/h3-11H,12H2,1-2H3,(H,23,25)(H,24,26). The van der Waals surface area contributed by atoms with Crippen LogP contribution in [0.4, 0.5) is 5.69 Å². The zero-order chi connectivity index (χ0) is 19.4. The Morgan fingerprint density at radius 2 is 1.70 bits per heavy atom. The SMILES string of the molecule is Cc1ccc(CNC(=O)c2ccccc2NC(=O)c2oc(Br)cc2C)cc1. The summed E-state index contributed by atoms with van der Waals surface area (Å²) in [5.41, 5.74) is 3.70. The Bertz CT molecular complexity index is 977. The molecule has 0 saturated carbocycles. The number of benzene rings is 2. The molecule has 3 rings (SSSR count). The molecule has 3 aromatic rings. The molecular formula is C21H19BrN2O3. The fraction of sp³-hybridized carbons (Fsp3) is 0.143. The van der Waals surface area contributed by atoms with Crippen LogP contribution in [0, 0.1) is 13.8 Å². The molecule has 0 bridgehead atoms. The van der Waals surface area contributed by atoms with Gasteiger partial charge in [0.05, 0.1) is 11.3 Å². The number of halogens is 1. The van der Waals surface area contributed by atoms with E-state index in [4.69, 9.17) is 4.42 Å². The van der Waals surface area contributed by atoms with Gasteiger partial charge in [-0.3, -0.25) is 9.59 Å². The molecule has 27 heavy (non-hydrogen) atoms. The molecule has 0 aliphatic carbocycles. The van der Waals surface area contributed by atoms with Crippen LogP contribution in [0.3, 0.4) is 0 Å². The molecular weight excluding hydrogens is 408 g/mol. The number of rotatable bonds is 5. The summed E-state index contributed by atoms with van der Waals surface area (Å²) in [6, 6.07) is 16.5. The molecule has 0 saturated heterocycles. The van der Waals surface area contributed by atoms with E-state index in [2.05, 4.69) is 26.6 Å². The van der Waals surface area contributed by atoms with Crippen molar-refractivity contribution in [3.05, 3.63) is 87.3 Å². The molecule has 0 spiro atoms. The van der Waals surface area contributed by atoms with Crippen molar-refractivity contribution in [3.63, 3.8) is 0 Å². The Kier molecular flexibility index (Phi) is 5.76. The number of amides is 2. The first-order valence-corrected chi connectivity index (χ1v) is 9.23. The van der Waals surface area contributed by atoms with Crippen LogP contribution in [0.5, 0.6) is 0 Å². The quantitative estimate of drug-likeness (QED) is 0.612. The van der Waals surface area contributed by atoms with E-state index in [1.165, 1.54) is 0 Å². The lowest BCUT2D eigenvalue weighted by Crippen LogP contribution is -2.25. The average Bonchev–Trinajstić information content (AvgIpc) is 3.00. The normalized spacial score (nSPS) is 10.5. The number of anilines is 1. The molecule has 2 aromatic carbocycles. The lowest BCUT2D eigenvalue weighted by Gasteiger charge is -2.11. The molecule has 0 unspecified atom stereocenters. The Labute approximate surface area is 165 Å². The zero-order valence-corrected chi connectivity index (χ0v) is 16.6. The molecule has 6 heteroatoms. The summed E-state index contributed by atoms with van der Waals surface area (Å²) < 4.78 is 5.85. The minimum absolute atomic E-state index is 0.205. The van der Waals surface area contributed by atoms with Crippen LogP contribution < -0.4 is 10.6 Å². The summed E-state index contributed by atoms with van der Waals surface area (Å²) >= 11 is 3.21. The number of carbonyl (C=O) groups excluding carboxylic acids is 2. The summed E-state index contributed by atoms with van der Waals surface area (Å²) in [6.45, 7) is 4.20. The summed E-state index contributed by atoms with van der Waals surface area (Å²) in [7, 11) is 0. The Balaban J connectivity index is 1.73. The third-order valence-electron chi connectivity index (χ3n) is 4.09. The van der Waals surface area contributed by atoms with Gasteiger partial charge in [-0.05, 0) is 53.5 Å². The predicted molar refractivity (Wildman–Crippen MR) is 108 cm³/mol. The highest BCUT2D eigenvalue weighted by atomic mass is 79.9. The summed E-state index contributed by atoms with van der Waals surface area (Å²) in [5.74, 6) is -0.461. The highest BCUT2D eigenvalue weighted by Gasteiger charge is 2.18. The van der Waals surface area contributed by atoms with Gasteiger partial charge in [-0.1, -0.05) is 42.0 Å². The van der Waals surface area contributed by atoms with Crippen LogP contribution in [0.2, 0.25) is 0 Å². The van der Waals surface area contributed by atoms with Crippen LogP contribution in [0.1, 0.15) is 37.6 Å². The van der Waals surface area contributed by atoms with Gasteiger partial charge in [-0.15, -0.1) is 0 Å². The maximum absolute atomic E-state index is 12.6. The van der Waals surface area contributed by atoms with Crippen molar-refractivity contribution in [2.45, 2.75) is 20.4 Å². The van der Waals surface area contributed by atoms with E-state index < -0.39 is 5.91 Å². The van der Waals surface area contributed by atoms with Gasteiger partial charge in [0.15, 0.2) is 10.4 Å². The maximum Gasteiger partial charge on any atom is 0.291 e. The van der Waals surface area contributed by atoms with Crippen molar-refractivity contribution < 1.29 is 14.0 Å². The smallest absolute Gasteiger partial charge is 0.291 e. The van der Waals surface area contributed by atoms with Gasteiger partial charge in [-0.25, -0.2) is 0 Å². The second-order valence-electron chi connectivity index (χ2n) is 6.23. The number of furan rings is 1. The van der Waals surface area contributed by atoms with Gasteiger partial charge in [0.1, 0.15) is 0 Å². The van der Waals surface area contributed by atoms with Crippen molar-refractivity contribution in [3.8, 4) is 0 Å². The lowest BCUT2D eigenvalue weighted by molar-refractivity contribution is 0.0952. The van der Waals surface area contributed by atoms with E-state index >= 15 is 0 Å². The average molecular weight is 427 g/mol. The predicted octanol–water partition coefficient (Wildman–Crippen LogP) is 4.84. The fourth-order valence-corrected chi connectivity index (χ4v) is 3.13. The van der Waals surface area contributed by atoms with E-state index in [-0.39, 0.29) is 11.7 Å². The molecule has 1 heterocycles. The minimum Gasteiger partial charge on any atom is -0.444 e. The highest BCUT2D eigenvalue weighted by Crippen LogP contribution is 2.22. The molecule has 0 aliphatic heterocycles. The summed E-state index contributed by atoms with van der Waals surface area (Å²) in [5, 5.41) is 5.64. The van der Waals surface area contributed by atoms with Gasteiger partial charge in [0.2, 0.25) is 0 Å². The van der Waals surface area contributed by atoms with Crippen LogP contribution in [-0.4, -0.2) is 11.8 Å². The second-order valence-corrected chi connectivity index (χ2v) is 7.01. The van der Waals surface area contributed by atoms with Gasteiger partial charge in [-0.2, -0.15) is 0 Å². The Hall–Kier alpha value is -2.86. The van der Waals surface area contributed by atoms with Crippen LogP contribution in [0.25, 0.3) is 0 Å². The third-order valence-corrected chi connectivity index (χ3v) is 4.48. The fourth-order valence-electron chi connectivity index (χ4n) is 2.62. The first kappa shape index (κ1) is 18.9. The molecule has 138 valence electrons. The van der Waals surface area contributed by atoms with Crippen molar-refractivity contribution in [2.24, 2.45) is 0 Å². The van der Waals surface area contributed by atoms with Gasteiger partial charge in [0.25, 0.3) is 11.8 Å². The van der Waals surface area contributed by atoms with Crippen LogP contribution >= 0.6 is 15.9 Å². The van der Waals surface area contributed by atoms with Gasteiger partial charge in [0, 0.05) is 12.1 Å². The molecule has 1 aromatic heterocycles. The van der Waals surface area contributed by atoms with E-state index in [1.54, 1.807) is 37.3 Å². The monoisotopic (exact) mass is 426 g/mol. The molecule has 0 atom stereocenters. The van der Waals surface area contributed by atoms with Crippen molar-refractivity contribution in [2.75, 3.05) is 5.32 Å². The number of para-hydroxylation sites is 1. The topological polar surface area (TPSA) is 71.3 Å². The molecule has 0 radical (unpaired) electrons. The molecule has 0 aliphatic rings. The molecule has 2 N–H and O–H groups in total. The van der Waals surface area contributed by atoms with E-state index in [0.717, 1.165) is 11.1 Å². The van der Waals surface area contributed by atoms with Crippen LogP contribution in [-0.2, 0) is 6.54 Å². The number of hydrogen-bond donors (Lipinski definition) is 2. The number of nitrogens with one attached hydrogen (secondary N) is 2. The minimum atomic E-state index is -0.406. The van der Waals surface area contributed by atoms with Crippen molar-refractivity contribution in [1.82, 2.24) is 5.32 Å². The first-order chi connectivity index (χ1) is 12.9. The lowest BCUT2D eigenvalue weighted by atomic mass is 10.1. The van der Waals surface area contributed by atoms with E-state index in [1.807, 2.05) is 31.2 Å². The maximum atomic E-state index is 12.6. The number of aryl methyl sites for hydroxylation is 2. The van der Waals surface area contributed by atoms with Crippen LogP contribution in [0.15, 0.2) is 63.7 Å². The zero-order valence-electron chi connectivity index (χ0n) is 15.0. The summed E-state index contributed by atoms with van der Waals surface area (Å²) in [6.07, 6.45) is 0. The van der Waals surface area contributed by atoms with Gasteiger partial charge >= 0.3 is 0 Å². The van der Waals surface area contributed by atoms with Crippen molar-refractivity contribution >= 4 is 33.4 Å². The highest BCUT2D eigenvalue weighted by molar-refractivity contribution is 9.10. The molecule has 0 fully saturated rings. The van der Waals surface area contributed by atoms with Gasteiger partial charge < -0.3 is 15.1 Å². The van der Waals surface area contributed by atoms with E-state index in [9.17, 15) is 9.59 Å².